The lowest BCUT2D eigenvalue weighted by Gasteiger charge is -2.22. The number of aromatic nitrogens is 1. The van der Waals surface area contributed by atoms with E-state index in [-0.39, 0.29) is 18.1 Å². The van der Waals surface area contributed by atoms with Crippen molar-refractivity contribution >= 4 is 5.97 Å². The number of aromatic hydroxyl groups is 2. The van der Waals surface area contributed by atoms with Gasteiger partial charge in [-0.05, 0) is 80.6 Å². The minimum absolute atomic E-state index is 0.0840. The molecule has 2 aromatic carbocycles. The number of aryl methyl sites for hydroxylation is 3. The fraction of sp³-hybridized carbons (Fsp3) is 0.320. The van der Waals surface area contributed by atoms with Crippen LogP contribution in [0.15, 0.2) is 24.3 Å². The van der Waals surface area contributed by atoms with Crippen molar-refractivity contribution in [3.63, 3.8) is 0 Å². The average Bonchev–Trinajstić information content (AvgIpc) is 3.04. The molecule has 1 aromatic heterocycles. The zero-order valence-electron chi connectivity index (χ0n) is 18.5. The highest BCUT2D eigenvalue weighted by atomic mass is 16.5. The van der Waals surface area contributed by atoms with Crippen LogP contribution in [0.4, 0.5) is 0 Å². The summed E-state index contributed by atoms with van der Waals surface area (Å²) in [6, 6.07) is 7.30. The summed E-state index contributed by atoms with van der Waals surface area (Å²) in [7, 11) is 1.51. The molecule has 0 atom stereocenters. The van der Waals surface area contributed by atoms with Crippen molar-refractivity contribution in [3.05, 3.63) is 52.2 Å². The van der Waals surface area contributed by atoms with Gasteiger partial charge in [0, 0.05) is 23.4 Å². The van der Waals surface area contributed by atoms with Gasteiger partial charge in [-0.15, -0.1) is 0 Å². The summed E-state index contributed by atoms with van der Waals surface area (Å²) in [5.74, 6) is 0.311. The Balaban J connectivity index is 2.07. The maximum atomic E-state index is 13.2. The molecule has 0 radical (unpaired) electrons. The molecular weight excluding hydrogens is 394 g/mol. The fourth-order valence-corrected chi connectivity index (χ4v) is 4.59. The van der Waals surface area contributed by atoms with Crippen molar-refractivity contribution < 1.29 is 24.5 Å². The van der Waals surface area contributed by atoms with Crippen LogP contribution in [-0.2, 0) is 17.7 Å². The van der Waals surface area contributed by atoms with Gasteiger partial charge < -0.3 is 24.3 Å². The minimum atomic E-state index is -0.391. The molecule has 1 aliphatic heterocycles. The summed E-state index contributed by atoms with van der Waals surface area (Å²) in [6.07, 6.45) is 0.727. The highest BCUT2D eigenvalue weighted by Gasteiger charge is 2.32. The summed E-state index contributed by atoms with van der Waals surface area (Å²) in [5.41, 5.74) is 7.21. The zero-order valence-corrected chi connectivity index (χ0v) is 18.5. The van der Waals surface area contributed by atoms with Crippen molar-refractivity contribution in [1.29, 1.82) is 0 Å². The largest absolute Gasteiger partial charge is 0.507 e. The Morgan fingerprint density at radius 2 is 1.77 bits per heavy atom. The molecule has 0 saturated heterocycles. The number of methoxy groups -OCH3 is 1. The number of rotatable bonds is 4. The van der Waals surface area contributed by atoms with E-state index in [0.717, 1.165) is 51.2 Å². The lowest BCUT2D eigenvalue weighted by Crippen LogP contribution is -2.14. The topological polar surface area (TPSA) is 80.9 Å². The highest BCUT2D eigenvalue weighted by molar-refractivity contribution is 6.05. The van der Waals surface area contributed by atoms with Gasteiger partial charge in [-0.25, -0.2) is 4.79 Å². The molecule has 6 nitrogen and oxygen atoms in total. The minimum Gasteiger partial charge on any atom is -0.507 e. The van der Waals surface area contributed by atoms with Crippen molar-refractivity contribution in [2.24, 2.45) is 0 Å². The monoisotopic (exact) mass is 421 g/mol. The lowest BCUT2D eigenvalue weighted by atomic mass is 9.92. The Labute approximate surface area is 181 Å². The number of nitrogens with zero attached hydrogens (tertiary/aromatic N) is 1. The second-order valence-electron chi connectivity index (χ2n) is 7.95. The molecule has 4 rings (SSSR count). The number of ether oxygens (including phenoxy) is 2. The van der Waals surface area contributed by atoms with Crippen LogP contribution in [0.5, 0.6) is 17.2 Å². The SMILES string of the molecule is CCOC(=O)c1c(-c2cc(C)c(O)c(C)c2)c(C)n2c1-c1cc(OC)c(O)cc1CC2. The number of esters is 1. The molecule has 2 heterocycles. The van der Waals surface area contributed by atoms with Crippen LogP contribution in [-0.4, -0.2) is 34.5 Å². The Bertz CT molecular complexity index is 1180. The first-order valence-electron chi connectivity index (χ1n) is 10.4. The van der Waals surface area contributed by atoms with Crippen LogP contribution < -0.4 is 4.74 Å². The van der Waals surface area contributed by atoms with Gasteiger partial charge >= 0.3 is 5.97 Å². The number of benzene rings is 2. The molecule has 1 aliphatic rings. The number of fused-ring (bicyclic) bond motifs is 3. The smallest absolute Gasteiger partial charge is 0.340 e. The summed E-state index contributed by atoms with van der Waals surface area (Å²) in [5, 5.41) is 20.5. The first-order valence-corrected chi connectivity index (χ1v) is 10.4. The number of phenols is 2. The normalized spacial score (nSPS) is 12.3. The lowest BCUT2D eigenvalue weighted by molar-refractivity contribution is 0.0528. The van der Waals surface area contributed by atoms with E-state index in [0.29, 0.717) is 17.9 Å². The molecule has 2 N–H and O–H groups in total. The van der Waals surface area contributed by atoms with Crippen molar-refractivity contribution in [1.82, 2.24) is 4.57 Å². The summed E-state index contributed by atoms with van der Waals surface area (Å²) in [4.78, 5) is 13.2. The van der Waals surface area contributed by atoms with E-state index >= 15 is 0 Å². The van der Waals surface area contributed by atoms with E-state index in [1.165, 1.54) is 7.11 Å². The highest BCUT2D eigenvalue weighted by Crippen LogP contribution is 2.45. The van der Waals surface area contributed by atoms with Crippen molar-refractivity contribution in [3.8, 4) is 39.6 Å². The van der Waals surface area contributed by atoms with Gasteiger partial charge in [-0.3, -0.25) is 0 Å². The maximum Gasteiger partial charge on any atom is 0.340 e. The number of phenolic OH excluding ortho intramolecular Hbond substituents is 2. The fourth-order valence-electron chi connectivity index (χ4n) is 4.59. The molecule has 31 heavy (non-hydrogen) atoms. The predicted molar refractivity (Wildman–Crippen MR) is 119 cm³/mol. The zero-order chi connectivity index (χ0) is 22.4. The van der Waals surface area contributed by atoms with Crippen LogP contribution in [0.3, 0.4) is 0 Å². The second kappa shape index (κ2) is 7.69. The first kappa shape index (κ1) is 20.8. The molecular formula is C25H27NO5. The van der Waals surface area contributed by atoms with E-state index in [1.807, 2.05) is 32.9 Å². The Kier molecular flexibility index (Phi) is 5.17. The van der Waals surface area contributed by atoms with E-state index in [9.17, 15) is 15.0 Å². The second-order valence-corrected chi connectivity index (χ2v) is 7.95. The predicted octanol–water partition coefficient (Wildman–Crippen LogP) is 4.90. The third kappa shape index (κ3) is 3.23. The van der Waals surface area contributed by atoms with E-state index in [1.54, 1.807) is 19.1 Å². The van der Waals surface area contributed by atoms with Crippen LogP contribution in [0.25, 0.3) is 22.4 Å². The molecule has 0 amide bonds. The molecule has 0 fully saturated rings. The molecule has 6 heteroatoms. The van der Waals surface area contributed by atoms with Gasteiger partial charge in [0.1, 0.15) is 5.75 Å². The van der Waals surface area contributed by atoms with Gasteiger partial charge in [-0.1, -0.05) is 0 Å². The van der Waals surface area contributed by atoms with Crippen molar-refractivity contribution in [2.45, 2.75) is 40.7 Å². The maximum absolute atomic E-state index is 13.2. The molecule has 0 unspecified atom stereocenters. The number of hydrogen-bond acceptors (Lipinski definition) is 5. The van der Waals surface area contributed by atoms with E-state index in [4.69, 9.17) is 9.47 Å². The third-order valence-corrected chi connectivity index (χ3v) is 6.05. The Morgan fingerprint density at radius 3 is 2.39 bits per heavy atom. The van der Waals surface area contributed by atoms with Gasteiger partial charge in [-0.2, -0.15) is 0 Å². The Morgan fingerprint density at radius 1 is 1.10 bits per heavy atom. The summed E-state index contributed by atoms with van der Waals surface area (Å²) in [6.45, 7) is 8.44. The van der Waals surface area contributed by atoms with Crippen molar-refractivity contribution in [2.75, 3.05) is 13.7 Å². The van der Waals surface area contributed by atoms with Crippen LogP contribution in [0, 0.1) is 20.8 Å². The van der Waals surface area contributed by atoms with Gasteiger partial charge in [0.2, 0.25) is 0 Å². The molecule has 0 aliphatic carbocycles. The molecule has 0 saturated carbocycles. The molecule has 162 valence electrons. The van der Waals surface area contributed by atoms with E-state index < -0.39 is 5.97 Å². The van der Waals surface area contributed by atoms with Crippen LogP contribution in [0.2, 0.25) is 0 Å². The number of carbonyl (C=O) groups excluding carboxylic acids is 1. The van der Waals surface area contributed by atoms with Gasteiger partial charge in [0.05, 0.1) is 25.0 Å². The molecule has 0 spiro atoms. The standard InChI is InChI=1S/C25H27NO5/c1-6-31-25(29)22-21(17-9-13(2)24(28)14(3)10-17)15(4)26-8-7-16-11-19(27)20(30-5)12-18(16)23(22)26/h9-12,27-28H,6-8H2,1-5H3. The van der Waals surface area contributed by atoms with Gasteiger partial charge in [0.15, 0.2) is 11.5 Å². The number of hydrogen-bond donors (Lipinski definition) is 2. The van der Waals surface area contributed by atoms with Crippen LogP contribution >= 0.6 is 0 Å². The third-order valence-electron chi connectivity index (χ3n) is 6.05. The average molecular weight is 421 g/mol. The molecule has 3 aromatic rings. The van der Waals surface area contributed by atoms with Crippen LogP contribution in [0.1, 0.15) is 39.7 Å². The summed E-state index contributed by atoms with van der Waals surface area (Å²) < 4.78 is 12.9. The Hall–Kier alpha value is -3.41. The quantitative estimate of drug-likeness (QED) is 0.586. The summed E-state index contributed by atoms with van der Waals surface area (Å²) >= 11 is 0. The van der Waals surface area contributed by atoms with Gasteiger partial charge in [0.25, 0.3) is 0 Å². The first-order chi connectivity index (χ1) is 14.8. The molecule has 0 bridgehead atoms. The van der Waals surface area contributed by atoms with E-state index in [2.05, 4.69) is 4.57 Å². The number of carbonyl (C=O) groups is 1.